The largest absolute Gasteiger partial charge is 0.360 e. The topological polar surface area (TPSA) is 43.1 Å². The van der Waals surface area contributed by atoms with Crippen LogP contribution in [0.15, 0.2) is 9.52 Å². The molecule has 0 aromatic carbocycles. The van der Waals surface area contributed by atoms with E-state index in [0.29, 0.717) is 0 Å². The molecule has 0 saturated carbocycles. The van der Waals surface area contributed by atoms with Crippen molar-refractivity contribution in [3.8, 4) is 0 Å². The number of carbonyl (C=O) groups excluding carboxylic acids is 1. The molecule has 0 aliphatic carbocycles. The lowest BCUT2D eigenvalue weighted by Gasteiger charge is -2.39. The van der Waals surface area contributed by atoms with E-state index in [-0.39, 0.29) is 21.4 Å². The molecule has 6 heteroatoms. The fourth-order valence-corrected chi connectivity index (χ4v) is 3.74. The Morgan fingerprint density at radius 3 is 1.69 bits per heavy atom. The van der Waals surface area contributed by atoms with Crippen molar-refractivity contribution < 1.29 is 4.79 Å². The second-order valence-electron chi connectivity index (χ2n) is 4.10. The molecule has 0 bridgehead atoms. The van der Waals surface area contributed by atoms with Crippen LogP contribution in [0.5, 0.6) is 0 Å². The average molecular weight is 305 g/mol. The Kier molecular flexibility index (Phi) is 6.56. The molecule has 0 atom stereocenters. The minimum absolute atomic E-state index is 0.0159. The van der Waals surface area contributed by atoms with Crippen LogP contribution in [0, 0.1) is 11.8 Å². The highest BCUT2D eigenvalue weighted by Crippen LogP contribution is 2.49. The van der Waals surface area contributed by atoms with Gasteiger partial charge in [0.1, 0.15) is 4.49 Å². The Morgan fingerprint density at radius 2 is 1.50 bits per heavy atom. The standard InChI is InChI=1S/C10H16Cl3NOS/c1-5(2)10(6(3)4,16-9(14)15)7(11)8(12)13/h5-6H,1-4H3,(H2,14,15). The van der Waals surface area contributed by atoms with Crippen LogP contribution >= 0.6 is 46.6 Å². The molecular formula is C10H16Cl3NOS. The van der Waals surface area contributed by atoms with Crippen molar-refractivity contribution in [2.45, 2.75) is 32.4 Å². The minimum Gasteiger partial charge on any atom is -0.360 e. The van der Waals surface area contributed by atoms with E-state index >= 15 is 0 Å². The first-order valence-electron chi connectivity index (χ1n) is 4.85. The third kappa shape index (κ3) is 3.46. The van der Waals surface area contributed by atoms with E-state index in [1.54, 1.807) is 0 Å². The van der Waals surface area contributed by atoms with Crippen LogP contribution in [0.25, 0.3) is 0 Å². The van der Waals surface area contributed by atoms with Crippen LogP contribution in [0.1, 0.15) is 27.7 Å². The predicted molar refractivity (Wildman–Crippen MR) is 74.2 cm³/mol. The van der Waals surface area contributed by atoms with Gasteiger partial charge < -0.3 is 5.73 Å². The summed E-state index contributed by atoms with van der Waals surface area (Å²) < 4.78 is -0.690. The second-order valence-corrected chi connectivity index (χ2v) is 6.71. The van der Waals surface area contributed by atoms with Gasteiger partial charge in [-0.05, 0) is 11.8 Å². The molecule has 0 aromatic rings. The summed E-state index contributed by atoms with van der Waals surface area (Å²) in [6, 6.07) is 0. The van der Waals surface area contributed by atoms with E-state index in [1.807, 2.05) is 27.7 Å². The molecule has 0 unspecified atom stereocenters. The van der Waals surface area contributed by atoms with Crippen LogP contribution < -0.4 is 5.73 Å². The number of primary amides is 1. The van der Waals surface area contributed by atoms with Gasteiger partial charge in [-0.1, -0.05) is 74.3 Å². The first-order chi connectivity index (χ1) is 7.16. The average Bonchev–Trinajstić information content (AvgIpc) is 2.11. The smallest absolute Gasteiger partial charge is 0.277 e. The van der Waals surface area contributed by atoms with Gasteiger partial charge in [0.25, 0.3) is 5.24 Å². The molecule has 0 spiro atoms. The number of hydrogen-bond donors (Lipinski definition) is 1. The number of carbonyl (C=O) groups is 1. The first kappa shape index (κ1) is 16.4. The van der Waals surface area contributed by atoms with E-state index in [0.717, 1.165) is 11.8 Å². The molecule has 0 rings (SSSR count). The maximum atomic E-state index is 11.2. The molecule has 0 heterocycles. The lowest BCUT2D eigenvalue weighted by molar-refractivity contribution is 0.266. The zero-order valence-electron chi connectivity index (χ0n) is 9.68. The molecule has 2 N–H and O–H groups in total. The molecule has 0 radical (unpaired) electrons. The van der Waals surface area contributed by atoms with Crippen LogP contribution in [0.2, 0.25) is 0 Å². The van der Waals surface area contributed by atoms with Crippen LogP contribution in [-0.4, -0.2) is 9.99 Å². The van der Waals surface area contributed by atoms with Crippen molar-refractivity contribution in [3.05, 3.63) is 9.52 Å². The quantitative estimate of drug-likeness (QED) is 0.815. The normalized spacial score (nSPS) is 12.1. The van der Waals surface area contributed by atoms with E-state index in [1.165, 1.54) is 0 Å². The van der Waals surface area contributed by atoms with Crippen LogP contribution in [0.3, 0.4) is 0 Å². The zero-order chi connectivity index (χ0) is 13.1. The summed E-state index contributed by atoms with van der Waals surface area (Å²) in [6.07, 6.45) is 0. The number of halogens is 3. The number of amides is 1. The van der Waals surface area contributed by atoms with Crippen molar-refractivity contribution in [2.75, 3.05) is 0 Å². The van der Waals surface area contributed by atoms with E-state index in [2.05, 4.69) is 0 Å². The molecule has 16 heavy (non-hydrogen) atoms. The Labute approximate surface area is 116 Å². The Hall–Kier alpha value is 0.430. The van der Waals surface area contributed by atoms with Crippen molar-refractivity contribution in [1.29, 1.82) is 0 Å². The lowest BCUT2D eigenvalue weighted by atomic mass is 9.84. The summed E-state index contributed by atoms with van der Waals surface area (Å²) in [7, 11) is 0. The summed E-state index contributed by atoms with van der Waals surface area (Å²) in [5, 5.41) is -0.209. The fraction of sp³-hybridized carbons (Fsp3) is 0.700. The first-order valence-corrected chi connectivity index (χ1v) is 6.81. The number of nitrogens with two attached hydrogens (primary N) is 1. The van der Waals surface area contributed by atoms with E-state index < -0.39 is 9.99 Å². The van der Waals surface area contributed by atoms with Gasteiger partial charge in [-0.25, -0.2) is 0 Å². The maximum Gasteiger partial charge on any atom is 0.277 e. The Bertz CT molecular complexity index is 290. The third-order valence-corrected chi connectivity index (χ3v) is 5.36. The second kappa shape index (κ2) is 6.39. The molecule has 0 saturated heterocycles. The summed E-state index contributed by atoms with van der Waals surface area (Å²) in [6.45, 7) is 7.81. The highest BCUT2D eigenvalue weighted by atomic mass is 35.5. The number of rotatable bonds is 4. The van der Waals surface area contributed by atoms with Crippen molar-refractivity contribution in [1.82, 2.24) is 0 Å². The van der Waals surface area contributed by atoms with E-state index in [9.17, 15) is 4.79 Å². The molecular weight excluding hydrogens is 289 g/mol. The van der Waals surface area contributed by atoms with Gasteiger partial charge in [0.2, 0.25) is 0 Å². The van der Waals surface area contributed by atoms with Crippen molar-refractivity contribution in [3.63, 3.8) is 0 Å². The third-order valence-electron chi connectivity index (χ3n) is 2.49. The lowest BCUT2D eigenvalue weighted by Crippen LogP contribution is -2.40. The molecule has 1 amide bonds. The van der Waals surface area contributed by atoms with Crippen molar-refractivity contribution in [2.24, 2.45) is 17.6 Å². The predicted octanol–water partition coefficient (Wildman–Crippen LogP) is 4.73. The van der Waals surface area contributed by atoms with Crippen molar-refractivity contribution >= 4 is 51.8 Å². The molecule has 0 aliphatic rings. The molecule has 94 valence electrons. The maximum absolute atomic E-state index is 11.2. The van der Waals surface area contributed by atoms with Gasteiger partial charge in [0.15, 0.2) is 0 Å². The summed E-state index contributed by atoms with van der Waals surface area (Å²) in [5.74, 6) is 0.148. The van der Waals surface area contributed by atoms with Crippen LogP contribution in [0.4, 0.5) is 4.79 Å². The van der Waals surface area contributed by atoms with Gasteiger partial charge in [-0.3, -0.25) is 4.79 Å². The summed E-state index contributed by atoms with van der Waals surface area (Å²) in [4.78, 5) is 11.2. The monoisotopic (exact) mass is 303 g/mol. The number of thioether (sulfide) groups is 1. The van der Waals surface area contributed by atoms with E-state index in [4.69, 9.17) is 40.5 Å². The highest BCUT2D eigenvalue weighted by Gasteiger charge is 2.44. The minimum atomic E-state index is -0.674. The molecule has 0 fully saturated rings. The van der Waals surface area contributed by atoms with Gasteiger partial charge in [-0.15, -0.1) is 0 Å². The summed E-state index contributed by atoms with van der Waals surface area (Å²) >= 11 is 18.6. The SMILES string of the molecule is CC(C)C(SC(N)=O)(C(Cl)=C(Cl)Cl)C(C)C. The Balaban J connectivity index is 5.63. The number of hydrogen-bond acceptors (Lipinski definition) is 2. The zero-order valence-corrected chi connectivity index (χ0v) is 12.8. The summed E-state index contributed by atoms with van der Waals surface area (Å²) in [5.41, 5.74) is 5.25. The van der Waals surface area contributed by atoms with Gasteiger partial charge in [0.05, 0.1) is 9.78 Å². The van der Waals surface area contributed by atoms with Gasteiger partial charge in [0, 0.05) is 0 Å². The Morgan fingerprint density at radius 1 is 1.12 bits per heavy atom. The van der Waals surface area contributed by atoms with Gasteiger partial charge >= 0.3 is 0 Å². The molecule has 2 nitrogen and oxygen atoms in total. The van der Waals surface area contributed by atoms with Gasteiger partial charge in [-0.2, -0.15) is 0 Å². The molecule has 0 aromatic heterocycles. The van der Waals surface area contributed by atoms with Crippen LogP contribution in [-0.2, 0) is 0 Å². The fourth-order valence-electron chi connectivity index (χ4n) is 1.77. The highest BCUT2D eigenvalue weighted by molar-refractivity contribution is 8.14. The molecule has 0 aliphatic heterocycles.